The summed E-state index contributed by atoms with van der Waals surface area (Å²) in [6.45, 7) is 4.74. The first kappa shape index (κ1) is 14.5. The molecule has 2 heterocycles. The number of nitrogens with zero attached hydrogens (tertiary/aromatic N) is 1. The minimum Gasteiger partial charge on any atom is -0.340 e. The van der Waals surface area contributed by atoms with Crippen LogP contribution < -0.4 is 10.6 Å². The molecule has 0 spiro atoms. The number of halogens is 1. The molecule has 1 fully saturated rings. The third-order valence-corrected chi connectivity index (χ3v) is 4.57. The highest BCUT2D eigenvalue weighted by atomic mass is 79.9. The molecule has 19 heavy (non-hydrogen) atoms. The number of carbonyl (C=O) groups is 2. The highest BCUT2D eigenvalue weighted by Crippen LogP contribution is 2.21. The Morgan fingerprint density at radius 2 is 2.11 bits per heavy atom. The van der Waals surface area contributed by atoms with Gasteiger partial charge in [0.05, 0.1) is 8.66 Å². The van der Waals surface area contributed by atoms with Crippen molar-refractivity contribution in [2.24, 2.45) is 0 Å². The third-order valence-electron chi connectivity index (χ3n) is 2.94. The van der Waals surface area contributed by atoms with Gasteiger partial charge in [-0.2, -0.15) is 0 Å². The summed E-state index contributed by atoms with van der Waals surface area (Å²) in [5.41, 5.74) is 0. The van der Waals surface area contributed by atoms with Gasteiger partial charge >= 0.3 is 0 Å². The van der Waals surface area contributed by atoms with Crippen LogP contribution in [-0.4, -0.2) is 48.9 Å². The van der Waals surface area contributed by atoms with E-state index in [9.17, 15) is 9.59 Å². The maximum Gasteiger partial charge on any atom is 0.262 e. The molecule has 1 saturated heterocycles. The Kier molecular flexibility index (Phi) is 4.95. The molecule has 0 aliphatic carbocycles. The molecule has 1 aliphatic heterocycles. The zero-order chi connectivity index (χ0) is 13.8. The van der Waals surface area contributed by atoms with Crippen molar-refractivity contribution in [2.75, 3.05) is 26.2 Å². The number of piperazine rings is 1. The topological polar surface area (TPSA) is 61.4 Å². The molecule has 0 bridgehead atoms. The first-order chi connectivity index (χ1) is 9.08. The Labute approximate surface area is 124 Å². The van der Waals surface area contributed by atoms with Gasteiger partial charge in [0.15, 0.2) is 0 Å². The Bertz CT molecular complexity index is 471. The van der Waals surface area contributed by atoms with E-state index in [0.717, 1.165) is 16.9 Å². The largest absolute Gasteiger partial charge is 0.340 e. The molecule has 1 aromatic rings. The summed E-state index contributed by atoms with van der Waals surface area (Å²) >= 11 is 4.67. The van der Waals surface area contributed by atoms with E-state index in [-0.39, 0.29) is 11.8 Å². The molecule has 1 atom stereocenters. The molecular weight excluding hydrogens is 330 g/mol. The van der Waals surface area contributed by atoms with Gasteiger partial charge in [0.25, 0.3) is 5.91 Å². The van der Waals surface area contributed by atoms with Crippen LogP contribution in [0.15, 0.2) is 15.9 Å². The molecule has 0 radical (unpaired) electrons. The first-order valence-corrected chi connectivity index (χ1v) is 7.74. The monoisotopic (exact) mass is 345 g/mol. The lowest BCUT2D eigenvalue weighted by Gasteiger charge is -2.29. The molecule has 1 aromatic heterocycles. The normalized spacial score (nSPS) is 17.1. The maximum absolute atomic E-state index is 12.1. The second kappa shape index (κ2) is 6.49. The van der Waals surface area contributed by atoms with E-state index in [1.807, 2.05) is 6.07 Å². The van der Waals surface area contributed by atoms with Crippen molar-refractivity contribution in [3.8, 4) is 0 Å². The summed E-state index contributed by atoms with van der Waals surface area (Å²) in [6, 6.07) is 3.07. The third kappa shape index (κ3) is 3.77. The number of nitrogens with one attached hydrogen (secondary N) is 2. The molecule has 0 aromatic carbocycles. The second-order valence-corrected chi connectivity index (χ2v) is 6.84. The molecule has 1 aliphatic rings. The van der Waals surface area contributed by atoms with Crippen LogP contribution in [0, 0.1) is 0 Å². The number of hydrogen-bond acceptors (Lipinski definition) is 4. The number of amides is 2. The lowest BCUT2D eigenvalue weighted by molar-refractivity contribution is -0.133. The Morgan fingerprint density at radius 1 is 1.42 bits per heavy atom. The summed E-state index contributed by atoms with van der Waals surface area (Å²) in [4.78, 5) is 26.5. The van der Waals surface area contributed by atoms with E-state index in [0.29, 0.717) is 18.0 Å². The van der Waals surface area contributed by atoms with Gasteiger partial charge in [-0.3, -0.25) is 9.59 Å². The smallest absolute Gasteiger partial charge is 0.262 e. The van der Waals surface area contributed by atoms with Crippen molar-refractivity contribution in [2.45, 2.75) is 13.0 Å². The fourth-order valence-corrected chi connectivity index (χ4v) is 3.21. The minimum absolute atomic E-state index is 0.0227. The standard InChI is InChI=1S/C12H16BrN3O2S/c1-8(12(18)16-6-4-14-5-7-16)15-11(17)9-2-3-10(13)19-9/h2-3,8,14H,4-7H2,1H3,(H,15,17). The van der Waals surface area contributed by atoms with Gasteiger partial charge in [-0.05, 0) is 35.0 Å². The van der Waals surface area contributed by atoms with Gasteiger partial charge in [0.2, 0.25) is 5.91 Å². The van der Waals surface area contributed by atoms with Gasteiger partial charge in [0, 0.05) is 26.2 Å². The Morgan fingerprint density at radius 3 is 2.68 bits per heavy atom. The molecule has 0 saturated carbocycles. The Balaban J connectivity index is 1.91. The second-order valence-electron chi connectivity index (χ2n) is 4.37. The molecule has 2 amide bonds. The van der Waals surface area contributed by atoms with Crippen LogP contribution in [-0.2, 0) is 4.79 Å². The average molecular weight is 346 g/mol. The van der Waals surface area contributed by atoms with Gasteiger partial charge in [0.1, 0.15) is 6.04 Å². The molecule has 2 N–H and O–H groups in total. The van der Waals surface area contributed by atoms with Gasteiger partial charge < -0.3 is 15.5 Å². The van der Waals surface area contributed by atoms with Crippen LogP contribution in [0.1, 0.15) is 16.6 Å². The number of carbonyl (C=O) groups excluding carboxylic acids is 2. The number of hydrogen-bond donors (Lipinski definition) is 2. The van der Waals surface area contributed by atoms with Crippen molar-refractivity contribution in [3.05, 3.63) is 20.8 Å². The molecule has 5 nitrogen and oxygen atoms in total. The highest BCUT2D eigenvalue weighted by molar-refractivity contribution is 9.11. The highest BCUT2D eigenvalue weighted by Gasteiger charge is 2.23. The van der Waals surface area contributed by atoms with Gasteiger partial charge in [-0.25, -0.2) is 0 Å². The van der Waals surface area contributed by atoms with Gasteiger partial charge in [-0.15, -0.1) is 11.3 Å². The number of rotatable bonds is 3. The minimum atomic E-state index is -0.494. The Hall–Kier alpha value is -0.920. The molecule has 104 valence electrons. The lowest BCUT2D eigenvalue weighted by Crippen LogP contribution is -2.53. The van der Waals surface area contributed by atoms with Crippen molar-refractivity contribution in [1.29, 1.82) is 0 Å². The van der Waals surface area contributed by atoms with E-state index in [1.165, 1.54) is 11.3 Å². The van der Waals surface area contributed by atoms with Crippen molar-refractivity contribution >= 4 is 39.1 Å². The molecule has 2 rings (SSSR count). The van der Waals surface area contributed by atoms with Crippen molar-refractivity contribution in [3.63, 3.8) is 0 Å². The maximum atomic E-state index is 12.1. The predicted octanol–water partition coefficient (Wildman–Crippen LogP) is 1.06. The summed E-state index contributed by atoms with van der Waals surface area (Å²) in [7, 11) is 0. The van der Waals surface area contributed by atoms with Crippen LogP contribution in [0.5, 0.6) is 0 Å². The zero-order valence-electron chi connectivity index (χ0n) is 10.6. The first-order valence-electron chi connectivity index (χ1n) is 6.13. The van der Waals surface area contributed by atoms with E-state index >= 15 is 0 Å². The molecule has 7 heteroatoms. The van der Waals surface area contributed by atoms with Gasteiger partial charge in [-0.1, -0.05) is 0 Å². The predicted molar refractivity (Wildman–Crippen MR) is 78.4 cm³/mol. The van der Waals surface area contributed by atoms with E-state index < -0.39 is 6.04 Å². The summed E-state index contributed by atoms with van der Waals surface area (Å²) in [5.74, 6) is -0.225. The van der Waals surface area contributed by atoms with Crippen molar-refractivity contribution in [1.82, 2.24) is 15.5 Å². The number of thiophene rings is 1. The average Bonchev–Trinajstić information content (AvgIpc) is 2.85. The summed E-state index contributed by atoms with van der Waals surface area (Å²) in [6.07, 6.45) is 0. The van der Waals surface area contributed by atoms with Crippen molar-refractivity contribution < 1.29 is 9.59 Å². The van der Waals surface area contributed by atoms with E-state index in [2.05, 4.69) is 26.6 Å². The van der Waals surface area contributed by atoms with Crippen LogP contribution in [0.2, 0.25) is 0 Å². The zero-order valence-corrected chi connectivity index (χ0v) is 13.0. The molecular formula is C12H16BrN3O2S. The summed E-state index contributed by atoms with van der Waals surface area (Å²) < 4.78 is 0.902. The van der Waals surface area contributed by atoms with E-state index in [1.54, 1.807) is 17.9 Å². The quantitative estimate of drug-likeness (QED) is 0.861. The van der Waals surface area contributed by atoms with Crippen LogP contribution in [0.4, 0.5) is 0 Å². The fourth-order valence-electron chi connectivity index (χ4n) is 1.92. The molecule has 1 unspecified atom stereocenters. The van der Waals surface area contributed by atoms with Crippen LogP contribution >= 0.6 is 27.3 Å². The summed E-state index contributed by atoms with van der Waals surface area (Å²) in [5, 5.41) is 5.94. The SMILES string of the molecule is CC(NC(=O)c1ccc(Br)s1)C(=O)N1CCNCC1. The van der Waals surface area contributed by atoms with Crippen LogP contribution in [0.3, 0.4) is 0 Å². The lowest BCUT2D eigenvalue weighted by atomic mass is 10.2. The fraction of sp³-hybridized carbons (Fsp3) is 0.500. The van der Waals surface area contributed by atoms with Crippen LogP contribution in [0.25, 0.3) is 0 Å². The van der Waals surface area contributed by atoms with E-state index in [4.69, 9.17) is 0 Å².